The van der Waals surface area contributed by atoms with Crippen LogP contribution in [0.25, 0.3) is 10.9 Å². The molecule has 0 aliphatic carbocycles. The van der Waals surface area contributed by atoms with Crippen molar-refractivity contribution in [3.05, 3.63) is 65.9 Å². The molecule has 5 nitrogen and oxygen atoms in total. The molecule has 0 radical (unpaired) electrons. The first kappa shape index (κ1) is 18.3. The lowest BCUT2D eigenvalue weighted by Crippen LogP contribution is -2.40. The van der Waals surface area contributed by atoms with E-state index in [1.165, 1.54) is 16.6 Å². The number of aromatic nitrogens is 1. The molecule has 150 valence electrons. The number of rotatable bonds is 4. The van der Waals surface area contributed by atoms with Gasteiger partial charge in [0.05, 0.1) is 19.8 Å². The molecule has 3 aromatic rings. The van der Waals surface area contributed by atoms with Gasteiger partial charge in [-0.05, 0) is 49.2 Å². The minimum Gasteiger partial charge on any atom is -0.497 e. The molecule has 3 atom stereocenters. The highest BCUT2D eigenvalue weighted by Gasteiger charge is 2.64. The molecule has 0 spiro atoms. The molecule has 3 heterocycles. The van der Waals surface area contributed by atoms with Gasteiger partial charge >= 0.3 is 5.97 Å². The monoisotopic (exact) mass is 390 g/mol. The summed E-state index contributed by atoms with van der Waals surface area (Å²) in [5.41, 5.74) is 2.92. The van der Waals surface area contributed by atoms with E-state index in [0.29, 0.717) is 13.2 Å². The number of likely N-dealkylation sites (tertiary alicyclic amines) is 1. The number of esters is 1. The molecule has 1 saturated heterocycles. The topological polar surface area (TPSA) is 43.7 Å². The average molecular weight is 390 g/mol. The van der Waals surface area contributed by atoms with Gasteiger partial charge in [-0.25, -0.2) is 0 Å². The molecule has 2 aliphatic heterocycles. The van der Waals surface area contributed by atoms with Gasteiger partial charge in [-0.15, -0.1) is 0 Å². The second kappa shape index (κ2) is 6.63. The van der Waals surface area contributed by atoms with Gasteiger partial charge in [0.2, 0.25) is 0 Å². The normalized spacial score (nSPS) is 25.8. The van der Waals surface area contributed by atoms with E-state index in [0.717, 1.165) is 17.9 Å². The zero-order valence-corrected chi connectivity index (χ0v) is 17.1. The predicted molar refractivity (Wildman–Crippen MR) is 112 cm³/mol. The molecule has 0 N–H and O–H groups in total. The molecule has 1 aromatic heterocycles. The predicted octanol–water partition coefficient (Wildman–Crippen LogP) is 3.98. The zero-order valence-electron chi connectivity index (χ0n) is 17.1. The lowest BCUT2D eigenvalue weighted by Gasteiger charge is -2.32. The first-order chi connectivity index (χ1) is 14.1. The fourth-order valence-corrected chi connectivity index (χ4v) is 5.55. The molecule has 1 fully saturated rings. The van der Waals surface area contributed by atoms with Gasteiger partial charge in [-0.1, -0.05) is 30.3 Å². The van der Waals surface area contributed by atoms with Crippen LogP contribution in [0.3, 0.4) is 0 Å². The van der Waals surface area contributed by atoms with E-state index >= 15 is 0 Å². The first-order valence-electron chi connectivity index (χ1n) is 10.2. The summed E-state index contributed by atoms with van der Waals surface area (Å²) < 4.78 is 13.3. The molecular formula is C24H26N2O3. The van der Waals surface area contributed by atoms with E-state index in [-0.39, 0.29) is 17.9 Å². The molecule has 5 rings (SSSR count). The van der Waals surface area contributed by atoms with Crippen LogP contribution in [-0.4, -0.2) is 42.7 Å². The molecule has 29 heavy (non-hydrogen) atoms. The Morgan fingerprint density at radius 1 is 1.17 bits per heavy atom. The molecule has 5 heteroatoms. The summed E-state index contributed by atoms with van der Waals surface area (Å²) in [4.78, 5) is 15.8. The highest BCUT2D eigenvalue weighted by atomic mass is 16.5. The number of benzene rings is 2. The van der Waals surface area contributed by atoms with Crippen LogP contribution in [0.4, 0.5) is 0 Å². The zero-order chi connectivity index (χ0) is 20.2. The van der Waals surface area contributed by atoms with Crippen LogP contribution in [0.5, 0.6) is 5.75 Å². The number of carbonyl (C=O) groups excluding carboxylic acids is 1. The Morgan fingerprint density at radius 2 is 1.93 bits per heavy atom. The van der Waals surface area contributed by atoms with Crippen LogP contribution >= 0.6 is 0 Å². The molecule has 0 amide bonds. The Labute approximate surface area is 170 Å². The maximum atomic E-state index is 13.5. The number of carbonyl (C=O) groups is 1. The average Bonchev–Trinajstić information content (AvgIpc) is 3.35. The van der Waals surface area contributed by atoms with Gasteiger partial charge in [-0.3, -0.25) is 9.69 Å². The van der Waals surface area contributed by atoms with E-state index in [4.69, 9.17) is 9.47 Å². The fraction of sp³-hybridized carbons (Fsp3) is 0.375. The van der Waals surface area contributed by atoms with Crippen LogP contribution < -0.4 is 4.74 Å². The number of para-hydroxylation sites is 1. The summed E-state index contributed by atoms with van der Waals surface area (Å²) in [6.45, 7) is 3.73. The molecule has 2 aromatic carbocycles. The smallest absolute Gasteiger partial charge is 0.316 e. The summed E-state index contributed by atoms with van der Waals surface area (Å²) in [5, 5.41) is 1.22. The van der Waals surface area contributed by atoms with Crippen molar-refractivity contribution in [2.45, 2.75) is 25.4 Å². The molecule has 3 unspecified atom stereocenters. The highest BCUT2D eigenvalue weighted by Crippen LogP contribution is 2.60. The van der Waals surface area contributed by atoms with Crippen molar-refractivity contribution in [3.63, 3.8) is 0 Å². The number of likely N-dealkylation sites (N-methyl/N-ethyl adjacent to an activating group) is 1. The van der Waals surface area contributed by atoms with E-state index in [9.17, 15) is 4.79 Å². The second-order valence-electron chi connectivity index (χ2n) is 8.14. The van der Waals surface area contributed by atoms with Crippen molar-refractivity contribution in [2.24, 2.45) is 5.41 Å². The summed E-state index contributed by atoms with van der Waals surface area (Å²) in [6.07, 6.45) is 0. The number of hydrogen-bond donors (Lipinski definition) is 0. The Balaban J connectivity index is 1.67. The van der Waals surface area contributed by atoms with Crippen molar-refractivity contribution in [1.82, 2.24) is 9.47 Å². The van der Waals surface area contributed by atoms with Crippen molar-refractivity contribution < 1.29 is 14.3 Å². The van der Waals surface area contributed by atoms with E-state index in [1.54, 1.807) is 7.11 Å². The number of ether oxygens (including phenoxy) is 2. The number of nitrogens with zero attached hydrogens (tertiary/aromatic N) is 2. The minimum absolute atomic E-state index is 0.000974. The Bertz CT molecular complexity index is 1070. The minimum atomic E-state index is -0.626. The van der Waals surface area contributed by atoms with E-state index in [2.05, 4.69) is 59.0 Å². The van der Waals surface area contributed by atoms with Gasteiger partial charge in [-0.2, -0.15) is 0 Å². The van der Waals surface area contributed by atoms with Crippen LogP contribution in [0, 0.1) is 5.41 Å². The summed E-state index contributed by atoms with van der Waals surface area (Å²) in [7, 11) is 3.79. The van der Waals surface area contributed by atoms with Gasteiger partial charge in [0.15, 0.2) is 0 Å². The van der Waals surface area contributed by atoms with Crippen molar-refractivity contribution in [1.29, 1.82) is 0 Å². The Kier molecular flexibility index (Phi) is 4.17. The quantitative estimate of drug-likeness (QED) is 0.632. The van der Waals surface area contributed by atoms with Gasteiger partial charge in [0, 0.05) is 30.2 Å². The van der Waals surface area contributed by atoms with Gasteiger partial charge in [0.1, 0.15) is 11.2 Å². The maximum Gasteiger partial charge on any atom is 0.316 e. The third-order valence-electron chi connectivity index (χ3n) is 6.74. The lowest BCUT2D eigenvalue weighted by molar-refractivity contribution is -0.157. The Hall–Kier alpha value is -2.79. The van der Waals surface area contributed by atoms with Crippen LogP contribution in [0.15, 0.2) is 54.6 Å². The van der Waals surface area contributed by atoms with Crippen molar-refractivity contribution in [2.75, 3.05) is 27.3 Å². The SMILES string of the molecule is CCOC(=O)C12Cn3c(cc4ccccc43)C1N(C)CC2c1ccc(OC)cc1. The third-order valence-corrected chi connectivity index (χ3v) is 6.74. The summed E-state index contributed by atoms with van der Waals surface area (Å²) >= 11 is 0. The number of methoxy groups -OCH3 is 1. The Morgan fingerprint density at radius 3 is 2.66 bits per heavy atom. The molecular weight excluding hydrogens is 364 g/mol. The fourth-order valence-electron chi connectivity index (χ4n) is 5.55. The van der Waals surface area contributed by atoms with Crippen LogP contribution in [0.1, 0.15) is 30.1 Å². The first-order valence-corrected chi connectivity index (χ1v) is 10.2. The van der Waals surface area contributed by atoms with Gasteiger partial charge < -0.3 is 14.0 Å². The van der Waals surface area contributed by atoms with Crippen molar-refractivity contribution in [3.8, 4) is 5.75 Å². The van der Waals surface area contributed by atoms with Crippen molar-refractivity contribution >= 4 is 16.9 Å². The molecule has 2 aliphatic rings. The van der Waals surface area contributed by atoms with E-state index < -0.39 is 5.41 Å². The third kappa shape index (κ3) is 2.47. The summed E-state index contributed by atoms with van der Waals surface area (Å²) in [5.74, 6) is 0.787. The molecule has 0 saturated carbocycles. The highest BCUT2D eigenvalue weighted by molar-refractivity contribution is 5.86. The van der Waals surface area contributed by atoms with Crippen LogP contribution in [0.2, 0.25) is 0 Å². The lowest BCUT2D eigenvalue weighted by atomic mass is 9.71. The molecule has 0 bridgehead atoms. The van der Waals surface area contributed by atoms with Gasteiger partial charge in [0.25, 0.3) is 0 Å². The van der Waals surface area contributed by atoms with Crippen LogP contribution in [-0.2, 0) is 16.1 Å². The maximum absolute atomic E-state index is 13.5. The summed E-state index contributed by atoms with van der Waals surface area (Å²) in [6, 6.07) is 18.8. The van der Waals surface area contributed by atoms with E-state index in [1.807, 2.05) is 19.1 Å². The standard InChI is InChI=1S/C24H26N2O3/c1-4-29-23(27)24-15-26-20-8-6-5-7-17(20)13-21(26)22(24)25(2)14-19(24)16-9-11-18(28-3)12-10-16/h5-13,19,22H,4,14-15H2,1-3H3. The second-order valence-corrected chi connectivity index (χ2v) is 8.14. The number of fused-ring (bicyclic) bond motifs is 5. The number of hydrogen-bond acceptors (Lipinski definition) is 4. The largest absolute Gasteiger partial charge is 0.497 e.